The lowest BCUT2D eigenvalue weighted by Crippen LogP contribution is -2.63. The topological polar surface area (TPSA) is 107 Å². The number of hydrogen-bond donors (Lipinski definition) is 3. The Morgan fingerprint density at radius 3 is 2.58 bits per heavy atom. The maximum absolute atomic E-state index is 13.6. The number of nitriles is 1. The first-order chi connectivity index (χ1) is 20.4. The van der Waals surface area contributed by atoms with E-state index in [9.17, 15) is 23.3 Å². The van der Waals surface area contributed by atoms with Crippen molar-refractivity contribution in [2.24, 2.45) is 0 Å². The first-order valence-electron chi connectivity index (χ1n) is 13.7. The van der Waals surface area contributed by atoms with Gasteiger partial charge in [-0.2, -0.15) is 23.5 Å². The van der Waals surface area contributed by atoms with Crippen molar-refractivity contribution in [3.05, 3.63) is 42.1 Å². The average molecular weight is 634 g/mol. The number of thioether (sulfide) groups is 1. The molecule has 43 heavy (non-hydrogen) atoms. The van der Waals surface area contributed by atoms with Gasteiger partial charge in [-0.3, -0.25) is 4.90 Å². The number of anilines is 2. The predicted octanol–water partition coefficient (Wildman–Crippen LogP) is 4.40. The summed E-state index contributed by atoms with van der Waals surface area (Å²) in [7, 11) is -0.703. The van der Waals surface area contributed by atoms with Gasteiger partial charge < -0.3 is 20.1 Å². The van der Waals surface area contributed by atoms with Crippen LogP contribution in [0.5, 0.6) is 5.75 Å². The van der Waals surface area contributed by atoms with Gasteiger partial charge >= 0.3 is 5.51 Å². The Kier molecular flexibility index (Phi) is 9.03. The number of fused-ring (bicyclic) bond motifs is 1. The summed E-state index contributed by atoms with van der Waals surface area (Å²) in [5.74, 6) is 6.83. The molecule has 0 saturated carbocycles. The molecule has 2 aliphatic heterocycles. The molecule has 2 saturated heterocycles. The molecule has 14 heteroatoms. The van der Waals surface area contributed by atoms with Crippen LogP contribution in [0, 0.1) is 23.2 Å². The fraction of sp³-hybridized carbons (Fsp3) is 0.448. The SMILES string of the molecule is COc1cc([P+](C)(C)O)ccc1NCC#Cc1nn2c(NC3CCN(C4(C#N)COC4)CC3)cccc2c1SC(F)(F)F. The van der Waals surface area contributed by atoms with Crippen LogP contribution in [0.4, 0.5) is 24.7 Å². The molecule has 0 spiro atoms. The van der Waals surface area contributed by atoms with E-state index in [1.165, 1.54) is 11.6 Å². The van der Waals surface area contributed by atoms with E-state index in [-0.39, 0.29) is 34.9 Å². The fourth-order valence-electron chi connectivity index (χ4n) is 5.16. The average Bonchev–Trinajstić information content (AvgIpc) is 3.27. The number of ether oxygens (including phenoxy) is 2. The second-order valence-electron chi connectivity index (χ2n) is 10.9. The molecule has 3 aromatic rings. The van der Waals surface area contributed by atoms with Crippen molar-refractivity contribution in [1.82, 2.24) is 14.5 Å². The van der Waals surface area contributed by atoms with Crippen molar-refractivity contribution in [1.29, 1.82) is 5.26 Å². The molecule has 0 atom stereocenters. The van der Waals surface area contributed by atoms with Crippen molar-refractivity contribution in [3.63, 3.8) is 0 Å². The summed E-state index contributed by atoms with van der Waals surface area (Å²) in [6, 6.07) is 12.9. The van der Waals surface area contributed by atoms with Crippen molar-refractivity contribution < 1.29 is 27.5 Å². The molecule has 0 radical (unpaired) electrons. The van der Waals surface area contributed by atoms with Crippen molar-refractivity contribution in [2.45, 2.75) is 34.8 Å². The summed E-state index contributed by atoms with van der Waals surface area (Å²) in [4.78, 5) is 12.5. The lowest BCUT2D eigenvalue weighted by atomic mass is 9.92. The van der Waals surface area contributed by atoms with Gasteiger partial charge in [-0.05, 0) is 54.8 Å². The largest absolute Gasteiger partial charge is 0.494 e. The Labute approximate surface area is 253 Å². The van der Waals surface area contributed by atoms with E-state index in [1.54, 1.807) is 43.7 Å². The number of methoxy groups -OCH3 is 1. The number of halogens is 3. The van der Waals surface area contributed by atoms with Gasteiger partial charge in [0.05, 0.1) is 62.4 Å². The highest BCUT2D eigenvalue weighted by Gasteiger charge is 2.45. The van der Waals surface area contributed by atoms with Crippen molar-refractivity contribution in [2.75, 3.05) is 63.9 Å². The molecule has 0 bridgehead atoms. The predicted molar refractivity (Wildman–Crippen MR) is 163 cm³/mol. The van der Waals surface area contributed by atoms with Gasteiger partial charge in [0.25, 0.3) is 0 Å². The minimum absolute atomic E-state index is 0.0308. The monoisotopic (exact) mass is 633 g/mol. The fourth-order valence-corrected chi connectivity index (χ4v) is 6.71. The molecular weight excluding hydrogens is 600 g/mol. The second-order valence-corrected chi connectivity index (χ2v) is 15.3. The molecule has 228 valence electrons. The number of pyridine rings is 1. The third-order valence-corrected chi connectivity index (χ3v) is 9.94. The van der Waals surface area contributed by atoms with Crippen molar-refractivity contribution >= 4 is 41.6 Å². The van der Waals surface area contributed by atoms with E-state index in [4.69, 9.17) is 9.47 Å². The van der Waals surface area contributed by atoms with Crippen LogP contribution in [-0.2, 0) is 4.74 Å². The molecule has 2 fully saturated rings. The maximum Gasteiger partial charge on any atom is 0.446 e. The molecule has 2 aromatic heterocycles. The highest BCUT2D eigenvalue weighted by molar-refractivity contribution is 8.00. The quantitative estimate of drug-likeness (QED) is 0.189. The molecular formula is C29H33F3N6O3PS+. The Hall–Kier alpha value is -3.19. The lowest BCUT2D eigenvalue weighted by molar-refractivity contribution is -0.113. The van der Waals surface area contributed by atoms with E-state index >= 15 is 0 Å². The van der Waals surface area contributed by atoms with Gasteiger partial charge in [0.1, 0.15) is 22.6 Å². The first kappa shape index (κ1) is 31.2. The zero-order valence-electron chi connectivity index (χ0n) is 24.0. The van der Waals surface area contributed by atoms with E-state index in [0.29, 0.717) is 36.0 Å². The molecule has 9 nitrogen and oxygen atoms in total. The van der Waals surface area contributed by atoms with Crippen LogP contribution in [0.1, 0.15) is 18.5 Å². The summed E-state index contributed by atoms with van der Waals surface area (Å²) < 4.78 is 53.0. The Morgan fingerprint density at radius 2 is 1.98 bits per heavy atom. The maximum atomic E-state index is 13.6. The Balaban J connectivity index is 1.34. The highest BCUT2D eigenvalue weighted by Crippen LogP contribution is 2.45. The van der Waals surface area contributed by atoms with E-state index in [2.05, 4.69) is 38.5 Å². The molecule has 5 rings (SSSR count). The Bertz CT molecular complexity index is 1580. The van der Waals surface area contributed by atoms with Crippen LogP contribution in [0.3, 0.4) is 0 Å². The summed E-state index contributed by atoms with van der Waals surface area (Å²) >= 11 is -0.227. The van der Waals surface area contributed by atoms with Crippen LogP contribution in [0.25, 0.3) is 5.52 Å². The number of aromatic nitrogens is 2. The van der Waals surface area contributed by atoms with Gasteiger partial charge in [0.15, 0.2) is 13.0 Å². The second kappa shape index (κ2) is 12.4. The van der Waals surface area contributed by atoms with E-state index in [1.807, 2.05) is 6.07 Å². The molecule has 2 aliphatic rings. The van der Waals surface area contributed by atoms with Crippen LogP contribution in [-0.4, -0.2) is 89.8 Å². The zero-order valence-corrected chi connectivity index (χ0v) is 25.7. The summed E-state index contributed by atoms with van der Waals surface area (Å²) in [6.45, 7) is 5.96. The number of nitrogens with zero attached hydrogens (tertiary/aromatic N) is 4. The number of piperidine rings is 1. The lowest BCUT2D eigenvalue weighted by Gasteiger charge is -2.47. The Morgan fingerprint density at radius 1 is 1.23 bits per heavy atom. The minimum Gasteiger partial charge on any atom is -0.494 e. The van der Waals surface area contributed by atoms with Crippen LogP contribution >= 0.6 is 19.3 Å². The number of likely N-dealkylation sites (tertiary alicyclic amines) is 1. The molecule has 0 unspecified atom stereocenters. The van der Waals surface area contributed by atoms with E-state index < -0.39 is 18.5 Å². The minimum atomic E-state index is -4.52. The number of alkyl halides is 3. The third-order valence-electron chi connectivity index (χ3n) is 7.56. The van der Waals surface area contributed by atoms with Crippen molar-refractivity contribution in [3.8, 4) is 23.7 Å². The summed E-state index contributed by atoms with van der Waals surface area (Å²) in [5, 5.41) is 21.5. The normalized spacial score (nSPS) is 17.4. The zero-order chi connectivity index (χ0) is 30.8. The van der Waals surface area contributed by atoms with Crippen LogP contribution < -0.4 is 20.7 Å². The number of rotatable bonds is 8. The number of hydrogen-bond acceptors (Lipinski definition) is 9. The van der Waals surface area contributed by atoms with Crippen LogP contribution in [0.2, 0.25) is 0 Å². The molecule has 0 aliphatic carbocycles. The first-order valence-corrected chi connectivity index (χ1v) is 17.1. The molecule has 3 N–H and O–H groups in total. The standard InChI is InChI=1S/C29H33F3N6O3PS/c1-40-25-16-21(42(2,3)39)9-10-22(25)34-13-5-6-23-27(43-29(30,31)32)24-7-4-8-26(38(24)36-23)35-20-11-14-37(15-12-20)28(17-33)18-41-19-28/h4,7-10,16,20,34-35,39H,11-15,18-19H2,1-3H3/q+1. The molecule has 1 aromatic carbocycles. The summed E-state index contributed by atoms with van der Waals surface area (Å²) in [5.41, 5.74) is -4.08. The van der Waals surface area contributed by atoms with Gasteiger partial charge in [0, 0.05) is 25.2 Å². The molecule has 0 amide bonds. The van der Waals surface area contributed by atoms with E-state index in [0.717, 1.165) is 31.2 Å². The molecule has 4 heterocycles. The van der Waals surface area contributed by atoms with Gasteiger partial charge in [-0.1, -0.05) is 12.0 Å². The van der Waals surface area contributed by atoms with Crippen LogP contribution in [0.15, 0.2) is 41.3 Å². The smallest absolute Gasteiger partial charge is 0.446 e. The van der Waals surface area contributed by atoms with Gasteiger partial charge in [-0.15, -0.1) is 0 Å². The number of nitrogens with one attached hydrogen (secondary N) is 2. The van der Waals surface area contributed by atoms with Gasteiger partial charge in [-0.25, -0.2) is 9.41 Å². The summed E-state index contributed by atoms with van der Waals surface area (Å²) in [6.07, 6.45) is 1.54. The number of benzene rings is 1. The highest BCUT2D eigenvalue weighted by atomic mass is 32.2. The van der Waals surface area contributed by atoms with Gasteiger partial charge in [0.2, 0.25) is 0 Å². The third kappa shape index (κ3) is 6.98.